The Labute approximate surface area is 177 Å². The third-order valence-corrected chi connectivity index (χ3v) is 4.97. The summed E-state index contributed by atoms with van der Waals surface area (Å²) in [5.41, 5.74) is 7.89. The molecule has 0 aliphatic heterocycles. The maximum absolute atomic E-state index is 11.1. The summed E-state index contributed by atoms with van der Waals surface area (Å²) in [7, 11) is 0. The predicted octanol–water partition coefficient (Wildman–Crippen LogP) is 3.38. The Morgan fingerprint density at radius 2 is 1.83 bits per heavy atom. The topological polar surface area (TPSA) is 90.4 Å². The number of primary amides is 1. The molecule has 1 amide bonds. The quantitative estimate of drug-likeness (QED) is 0.450. The minimum atomic E-state index is -0.566. The van der Waals surface area contributed by atoms with Gasteiger partial charge in [0.15, 0.2) is 0 Å². The molecule has 0 unspecified atom stereocenters. The fourth-order valence-electron chi connectivity index (χ4n) is 3.40. The number of carbonyl (C=O) groups excluding carboxylic acids is 1. The van der Waals surface area contributed by atoms with Crippen LogP contribution in [0.5, 0.6) is 5.75 Å². The second kappa shape index (κ2) is 11.2. The Kier molecular flexibility index (Phi) is 8.03. The van der Waals surface area contributed by atoms with Crippen molar-refractivity contribution in [3.8, 4) is 5.75 Å². The van der Waals surface area contributed by atoms with Gasteiger partial charge in [-0.1, -0.05) is 48.5 Å². The number of imidazole rings is 1. The van der Waals surface area contributed by atoms with Gasteiger partial charge in [0.1, 0.15) is 11.4 Å². The first-order valence-electron chi connectivity index (χ1n) is 10.4. The standard InChI is InChI=1S/C24H29N3O3/c25-24(29)22-17-27(18-26-22)16-21(28)13-6-12-20-11-4-5-14-23(20)30-15-7-10-19-8-2-1-3-9-19/h1-5,8-9,11,14,17-18,21,28H,6-7,10,12-13,15-16H2,(H2,25,29)/t21-/m0/s1. The largest absolute Gasteiger partial charge is 0.493 e. The number of amides is 1. The number of para-hydroxylation sites is 1. The van der Waals surface area contributed by atoms with Crippen LogP contribution < -0.4 is 10.5 Å². The molecule has 0 bridgehead atoms. The maximum Gasteiger partial charge on any atom is 0.268 e. The summed E-state index contributed by atoms with van der Waals surface area (Å²) in [6.07, 6.45) is 6.85. The van der Waals surface area contributed by atoms with Crippen molar-refractivity contribution in [2.24, 2.45) is 5.73 Å². The number of hydrogen-bond acceptors (Lipinski definition) is 4. The Hall–Kier alpha value is -3.12. The van der Waals surface area contributed by atoms with Crippen molar-refractivity contribution in [3.05, 3.63) is 83.9 Å². The van der Waals surface area contributed by atoms with Gasteiger partial charge in [-0.05, 0) is 49.3 Å². The van der Waals surface area contributed by atoms with E-state index in [0.29, 0.717) is 19.6 Å². The molecule has 3 rings (SSSR count). The van der Waals surface area contributed by atoms with Crippen LogP contribution in [0.15, 0.2) is 67.1 Å². The molecule has 2 aromatic carbocycles. The molecule has 0 aliphatic rings. The van der Waals surface area contributed by atoms with Crippen LogP contribution >= 0.6 is 0 Å². The second-order valence-electron chi connectivity index (χ2n) is 7.41. The molecule has 3 N–H and O–H groups in total. The summed E-state index contributed by atoms with van der Waals surface area (Å²) >= 11 is 0. The van der Waals surface area contributed by atoms with Gasteiger partial charge < -0.3 is 20.1 Å². The fraction of sp³-hybridized carbons (Fsp3) is 0.333. The zero-order chi connectivity index (χ0) is 21.2. The monoisotopic (exact) mass is 407 g/mol. The number of ether oxygens (including phenoxy) is 1. The number of aromatic nitrogens is 2. The van der Waals surface area contributed by atoms with Crippen molar-refractivity contribution in [3.63, 3.8) is 0 Å². The number of rotatable bonds is 12. The molecule has 1 heterocycles. The molecule has 158 valence electrons. The SMILES string of the molecule is NC(=O)c1cn(C[C@@H](O)CCCc2ccccc2OCCCc2ccccc2)cn1. The minimum absolute atomic E-state index is 0.209. The van der Waals surface area contributed by atoms with Crippen molar-refractivity contribution in [2.75, 3.05) is 6.61 Å². The van der Waals surface area contributed by atoms with Gasteiger partial charge in [-0.15, -0.1) is 0 Å². The number of nitrogens with two attached hydrogens (primary N) is 1. The Morgan fingerprint density at radius 1 is 1.07 bits per heavy atom. The lowest BCUT2D eigenvalue weighted by atomic mass is 10.0. The highest BCUT2D eigenvalue weighted by atomic mass is 16.5. The van der Waals surface area contributed by atoms with Gasteiger partial charge in [0.05, 0.1) is 19.0 Å². The van der Waals surface area contributed by atoms with Crippen LogP contribution in [0.1, 0.15) is 40.9 Å². The zero-order valence-electron chi connectivity index (χ0n) is 17.1. The molecule has 0 spiro atoms. The third kappa shape index (κ3) is 6.74. The number of aliphatic hydroxyl groups excluding tert-OH is 1. The van der Waals surface area contributed by atoms with E-state index in [9.17, 15) is 9.90 Å². The lowest BCUT2D eigenvalue weighted by Gasteiger charge is -2.13. The fourth-order valence-corrected chi connectivity index (χ4v) is 3.40. The van der Waals surface area contributed by atoms with E-state index < -0.39 is 12.0 Å². The first-order chi connectivity index (χ1) is 14.6. The molecular formula is C24H29N3O3. The molecule has 0 saturated heterocycles. The minimum Gasteiger partial charge on any atom is -0.493 e. The molecule has 6 heteroatoms. The highest BCUT2D eigenvalue weighted by Gasteiger charge is 2.10. The first-order valence-corrected chi connectivity index (χ1v) is 10.4. The Balaban J connectivity index is 1.41. The second-order valence-corrected chi connectivity index (χ2v) is 7.41. The van der Waals surface area contributed by atoms with E-state index in [1.165, 1.54) is 11.9 Å². The van der Waals surface area contributed by atoms with Crippen LogP contribution in [-0.2, 0) is 19.4 Å². The van der Waals surface area contributed by atoms with E-state index in [1.807, 2.05) is 24.3 Å². The highest BCUT2D eigenvalue weighted by molar-refractivity contribution is 5.90. The summed E-state index contributed by atoms with van der Waals surface area (Å²) in [6.45, 7) is 1.06. The van der Waals surface area contributed by atoms with Crippen molar-refractivity contribution in [1.82, 2.24) is 9.55 Å². The Bertz CT molecular complexity index is 924. The number of benzene rings is 2. The van der Waals surface area contributed by atoms with Crippen LogP contribution in [-0.4, -0.2) is 33.3 Å². The van der Waals surface area contributed by atoms with Gasteiger partial charge >= 0.3 is 0 Å². The number of aryl methyl sites for hydroxylation is 2. The molecule has 3 aromatic rings. The van der Waals surface area contributed by atoms with Gasteiger partial charge in [0.25, 0.3) is 5.91 Å². The number of carbonyl (C=O) groups is 1. The summed E-state index contributed by atoms with van der Waals surface area (Å²) in [4.78, 5) is 15.0. The van der Waals surface area contributed by atoms with Gasteiger partial charge in [-0.2, -0.15) is 0 Å². The van der Waals surface area contributed by atoms with Crippen molar-refractivity contribution >= 4 is 5.91 Å². The van der Waals surface area contributed by atoms with E-state index in [4.69, 9.17) is 10.5 Å². The summed E-state index contributed by atoms with van der Waals surface area (Å²) in [6, 6.07) is 18.5. The lowest BCUT2D eigenvalue weighted by molar-refractivity contribution is 0.0995. The zero-order valence-corrected chi connectivity index (χ0v) is 17.1. The van der Waals surface area contributed by atoms with Gasteiger partial charge in [-0.25, -0.2) is 4.98 Å². The molecule has 30 heavy (non-hydrogen) atoms. The van der Waals surface area contributed by atoms with E-state index in [1.54, 1.807) is 10.8 Å². The molecule has 0 radical (unpaired) electrons. The maximum atomic E-state index is 11.1. The lowest BCUT2D eigenvalue weighted by Crippen LogP contribution is -2.15. The molecule has 1 atom stereocenters. The van der Waals surface area contributed by atoms with Crippen LogP contribution in [0.25, 0.3) is 0 Å². The number of aliphatic hydroxyl groups is 1. The number of hydrogen-bond donors (Lipinski definition) is 2. The van der Waals surface area contributed by atoms with Gasteiger partial charge in [0, 0.05) is 12.7 Å². The van der Waals surface area contributed by atoms with Crippen LogP contribution in [0.3, 0.4) is 0 Å². The van der Waals surface area contributed by atoms with Crippen molar-refractivity contribution in [2.45, 2.75) is 44.8 Å². The average molecular weight is 408 g/mol. The molecule has 0 fully saturated rings. The van der Waals surface area contributed by atoms with Gasteiger partial charge in [0.2, 0.25) is 0 Å². The summed E-state index contributed by atoms with van der Waals surface area (Å²) in [5.74, 6) is 0.351. The Morgan fingerprint density at radius 3 is 2.60 bits per heavy atom. The van der Waals surface area contributed by atoms with Crippen LogP contribution in [0.4, 0.5) is 0 Å². The average Bonchev–Trinajstić information content (AvgIpc) is 3.22. The van der Waals surface area contributed by atoms with E-state index in [-0.39, 0.29) is 5.69 Å². The highest BCUT2D eigenvalue weighted by Crippen LogP contribution is 2.21. The summed E-state index contributed by atoms with van der Waals surface area (Å²) < 4.78 is 7.71. The predicted molar refractivity (Wildman–Crippen MR) is 116 cm³/mol. The number of nitrogens with zero attached hydrogens (tertiary/aromatic N) is 2. The van der Waals surface area contributed by atoms with E-state index in [0.717, 1.165) is 37.0 Å². The third-order valence-electron chi connectivity index (χ3n) is 4.97. The van der Waals surface area contributed by atoms with Gasteiger partial charge in [-0.3, -0.25) is 4.79 Å². The summed E-state index contributed by atoms with van der Waals surface area (Å²) in [5, 5.41) is 10.3. The molecule has 1 aromatic heterocycles. The molecule has 0 aliphatic carbocycles. The van der Waals surface area contributed by atoms with Crippen molar-refractivity contribution < 1.29 is 14.6 Å². The first kappa shape index (κ1) is 21.6. The van der Waals surface area contributed by atoms with Crippen LogP contribution in [0, 0.1) is 0 Å². The van der Waals surface area contributed by atoms with Crippen LogP contribution in [0.2, 0.25) is 0 Å². The molecule has 6 nitrogen and oxygen atoms in total. The van der Waals surface area contributed by atoms with Crippen molar-refractivity contribution in [1.29, 1.82) is 0 Å². The smallest absolute Gasteiger partial charge is 0.268 e. The normalized spacial score (nSPS) is 11.9. The molecule has 0 saturated carbocycles. The van der Waals surface area contributed by atoms with E-state index in [2.05, 4.69) is 35.3 Å². The molecular weight excluding hydrogens is 378 g/mol. The van der Waals surface area contributed by atoms with E-state index >= 15 is 0 Å².